The zero-order valence-corrected chi connectivity index (χ0v) is 44.1. The Labute approximate surface area is 452 Å². The van der Waals surface area contributed by atoms with Crippen LogP contribution in [0.2, 0.25) is 0 Å². The molecule has 0 fully saturated rings. The molecule has 3 N–H and O–H groups in total. The topological polar surface area (TPSA) is 270 Å². The molecule has 0 amide bonds. The van der Waals surface area contributed by atoms with Gasteiger partial charge in [-0.2, -0.15) is 19.3 Å². The van der Waals surface area contributed by atoms with Crippen molar-refractivity contribution in [2.75, 3.05) is 6.61 Å². The molecule has 392 valence electrons. The van der Waals surface area contributed by atoms with Crippen molar-refractivity contribution < 1.29 is 24.2 Å². The molecule has 12 aromatic rings. The quantitative estimate of drug-likeness (QED) is 0.0619. The number of carbonyl (C=O) groups is 2. The maximum absolute atomic E-state index is 12.1. The number of aromatic nitrogens is 16. The summed E-state index contributed by atoms with van der Waals surface area (Å²) in [5.41, 5.74) is 1.53. The van der Waals surface area contributed by atoms with Crippen molar-refractivity contribution in [3.63, 3.8) is 0 Å². The molecule has 0 spiro atoms. The smallest absolute Gasteiger partial charge is 0.365 e. The van der Waals surface area contributed by atoms with Gasteiger partial charge in [-0.05, 0) is 124 Å². The molecule has 0 saturated heterocycles. The molecular formula is C54H48N16O6S2. The van der Waals surface area contributed by atoms with Gasteiger partial charge in [0.1, 0.15) is 4.75 Å². The van der Waals surface area contributed by atoms with Gasteiger partial charge < -0.3 is 14.6 Å². The normalized spacial score (nSPS) is 11.2. The third-order valence-corrected chi connectivity index (χ3v) is 13.2. The van der Waals surface area contributed by atoms with Crippen molar-refractivity contribution in [2.45, 2.75) is 50.1 Å². The number of carboxylic acids is 1. The first-order valence-electron chi connectivity index (χ1n) is 24.0. The van der Waals surface area contributed by atoms with Crippen LogP contribution in [0.5, 0.6) is 6.01 Å². The van der Waals surface area contributed by atoms with E-state index in [9.17, 15) is 19.5 Å². The van der Waals surface area contributed by atoms with E-state index in [1.54, 1.807) is 30.1 Å². The molecule has 4 heterocycles. The lowest BCUT2D eigenvalue weighted by molar-refractivity contribution is -0.152. The summed E-state index contributed by atoms with van der Waals surface area (Å²) in [6.07, 6.45) is 0. The van der Waals surface area contributed by atoms with Gasteiger partial charge in [-0.1, -0.05) is 173 Å². The Morgan fingerprint density at radius 3 is 1.50 bits per heavy atom. The van der Waals surface area contributed by atoms with Gasteiger partial charge in [0.05, 0.1) is 29.4 Å². The second-order valence-electron chi connectivity index (χ2n) is 17.8. The number of nitrogens with one attached hydrogen (secondary N) is 2. The Morgan fingerprint density at radius 1 is 0.577 bits per heavy atom. The first kappa shape index (κ1) is 53.0. The van der Waals surface area contributed by atoms with Crippen LogP contribution in [-0.4, -0.2) is 115 Å². The van der Waals surface area contributed by atoms with E-state index in [1.165, 1.54) is 35.0 Å². The number of ether oxygens (including phenoxy) is 2. The molecule has 0 radical (unpaired) electrons. The summed E-state index contributed by atoms with van der Waals surface area (Å²) in [4.78, 5) is 34.8. The number of benzene rings is 8. The van der Waals surface area contributed by atoms with Crippen molar-refractivity contribution in [1.82, 2.24) is 80.8 Å². The Hall–Kier alpha value is -9.81. The zero-order chi connectivity index (χ0) is 54.8. The second kappa shape index (κ2) is 23.4. The largest absolute Gasteiger partial charge is 0.478 e. The lowest BCUT2D eigenvalue weighted by Crippen LogP contribution is -2.38. The predicted molar refractivity (Wildman–Crippen MR) is 296 cm³/mol. The molecule has 0 aliphatic carbocycles. The van der Waals surface area contributed by atoms with Gasteiger partial charge in [-0.3, -0.25) is 4.79 Å². The molecule has 4 aromatic heterocycles. The highest BCUT2D eigenvalue weighted by Gasteiger charge is 2.34. The molecule has 22 nitrogen and oxygen atoms in total. The van der Waals surface area contributed by atoms with Gasteiger partial charge in [-0.25, -0.2) is 19.4 Å². The lowest BCUT2D eigenvalue weighted by Gasteiger charge is -2.20. The van der Waals surface area contributed by atoms with Gasteiger partial charge in [0, 0.05) is 21.5 Å². The third-order valence-electron chi connectivity index (χ3n) is 11.8. The number of aromatic amines is 2. The zero-order valence-electron chi connectivity index (χ0n) is 42.4. The third kappa shape index (κ3) is 11.7. The van der Waals surface area contributed by atoms with Crippen molar-refractivity contribution in [3.05, 3.63) is 185 Å². The maximum atomic E-state index is 12.1. The van der Waals surface area contributed by atoms with E-state index in [4.69, 9.17) is 21.7 Å². The lowest BCUT2D eigenvalue weighted by atomic mass is 10.1. The number of carbonyl (C=O) groups excluding carboxylic acids is 1. The van der Waals surface area contributed by atoms with Crippen LogP contribution in [0, 0.1) is 4.77 Å². The Kier molecular flexibility index (Phi) is 15.9. The number of fused-ring (bicyclic) bond motifs is 4. The van der Waals surface area contributed by atoms with Crippen LogP contribution >= 0.6 is 24.0 Å². The van der Waals surface area contributed by atoms with Gasteiger partial charge >= 0.3 is 23.6 Å². The molecule has 12 rings (SSSR count). The number of carboxylic acid groups (broad SMARTS) is 1. The van der Waals surface area contributed by atoms with Gasteiger partial charge in [0.25, 0.3) is 0 Å². The standard InChI is InChI=1S/C17H18N4O2S.C15H14N4O3.C11H8N4O.C11H8N4S/c1-4-23-15(22)17(2,3)24-16-18-19-20-21(16)14-11-7-9-12-8-5-6-10-13(12)14;1-15(2,13(20)21)22-14-16-17-18-19(14)12-9-5-7-10-6-3-4-8-11(10)12;2*16-11-12-13-14-15(11)10-7-3-5-8-4-1-2-6-9(8)10/h5-11H,4H2,1-3H3;3-9H,1-2H3,(H,20,21);2*1-7H,(H,12,14,16). The molecule has 0 atom stereocenters. The van der Waals surface area contributed by atoms with Crippen molar-refractivity contribution in [1.29, 1.82) is 0 Å². The number of hydrogen-bond acceptors (Lipinski definition) is 17. The highest BCUT2D eigenvalue weighted by molar-refractivity contribution is 8.01. The van der Waals surface area contributed by atoms with Gasteiger partial charge in [-0.15, -0.1) is 5.10 Å². The molecule has 0 aliphatic heterocycles. The van der Waals surface area contributed by atoms with Gasteiger partial charge in [0.2, 0.25) is 15.5 Å². The van der Waals surface area contributed by atoms with E-state index in [2.05, 4.69) is 74.2 Å². The fourth-order valence-electron chi connectivity index (χ4n) is 7.93. The van der Waals surface area contributed by atoms with Crippen LogP contribution < -0.4 is 10.4 Å². The minimum absolute atomic E-state index is 0.0313. The summed E-state index contributed by atoms with van der Waals surface area (Å²) >= 11 is 6.37. The first-order valence-corrected chi connectivity index (χ1v) is 25.2. The first-order chi connectivity index (χ1) is 37.7. The minimum atomic E-state index is -1.43. The van der Waals surface area contributed by atoms with Crippen LogP contribution in [0.1, 0.15) is 34.6 Å². The van der Waals surface area contributed by atoms with E-state index in [0.717, 1.165) is 65.8 Å². The number of thioether (sulfide) groups is 1. The SMILES string of the molecule is CC(C)(Oc1nnnn1-c1cccc2ccccc12)C(=O)O.CCOC(=O)C(C)(C)Sc1nnnn1-c1cccc2ccccc12.O=c1[nH]nnn1-c1cccc2ccccc12.S=c1nn[nH]n1-c1cccc2ccccc12. The number of hydrogen-bond donors (Lipinski definition) is 3. The molecule has 0 saturated carbocycles. The van der Waals surface area contributed by atoms with E-state index >= 15 is 0 Å². The van der Waals surface area contributed by atoms with Crippen LogP contribution in [0.4, 0.5) is 0 Å². The Morgan fingerprint density at radius 2 is 1.03 bits per heavy atom. The van der Waals surface area contributed by atoms with Crippen molar-refractivity contribution in [3.8, 4) is 28.8 Å². The Balaban J connectivity index is 0.000000128. The Bertz CT molecular complexity index is 4040. The number of esters is 1. The minimum Gasteiger partial charge on any atom is -0.478 e. The van der Waals surface area contributed by atoms with Crippen LogP contribution in [0.3, 0.4) is 0 Å². The number of rotatable bonds is 11. The average molecular weight is 1080 g/mol. The summed E-state index contributed by atoms with van der Waals surface area (Å²) in [5, 5.41) is 61.1. The molecule has 78 heavy (non-hydrogen) atoms. The molecule has 0 bridgehead atoms. The number of aliphatic carboxylic acids is 1. The highest BCUT2D eigenvalue weighted by Crippen LogP contribution is 2.34. The summed E-state index contributed by atoms with van der Waals surface area (Å²) in [7, 11) is 0. The number of H-pyrrole nitrogens is 2. The number of nitrogens with zero attached hydrogens (tertiary/aromatic N) is 14. The average Bonchev–Trinajstić information content (AvgIpc) is 4.32. The summed E-state index contributed by atoms with van der Waals surface area (Å²) in [6.45, 7) is 8.63. The summed E-state index contributed by atoms with van der Waals surface area (Å²) in [5.74, 6) is -1.39. The highest BCUT2D eigenvalue weighted by atomic mass is 32.2. The molecule has 0 aliphatic rings. The fourth-order valence-corrected chi connectivity index (χ4v) is 9.00. The molecule has 8 aromatic carbocycles. The van der Waals surface area contributed by atoms with E-state index in [1.807, 2.05) is 158 Å². The van der Waals surface area contributed by atoms with Crippen LogP contribution in [-0.2, 0) is 14.3 Å². The fraction of sp³-hybridized carbons (Fsp3) is 0.148. The summed E-state index contributed by atoms with van der Waals surface area (Å²) < 4.78 is 16.2. The van der Waals surface area contributed by atoms with E-state index < -0.39 is 16.3 Å². The predicted octanol–water partition coefficient (Wildman–Crippen LogP) is 8.89. The van der Waals surface area contributed by atoms with Crippen LogP contribution in [0.25, 0.3) is 65.8 Å². The molecule has 0 unspecified atom stereocenters. The van der Waals surface area contributed by atoms with E-state index in [-0.39, 0.29) is 17.7 Å². The number of tetrazole rings is 4. The second-order valence-corrected chi connectivity index (χ2v) is 19.8. The van der Waals surface area contributed by atoms with Crippen molar-refractivity contribution >= 4 is 79.0 Å². The monoisotopic (exact) mass is 1080 g/mol. The van der Waals surface area contributed by atoms with Crippen LogP contribution in [0.15, 0.2) is 180 Å². The molecular weight excluding hydrogens is 1030 g/mol. The maximum Gasteiger partial charge on any atom is 0.365 e. The summed E-state index contributed by atoms with van der Waals surface area (Å²) in [6, 6.07) is 55.2. The van der Waals surface area contributed by atoms with Crippen molar-refractivity contribution in [2.24, 2.45) is 0 Å². The van der Waals surface area contributed by atoms with E-state index in [0.29, 0.717) is 16.5 Å². The molecule has 24 heteroatoms. The van der Waals surface area contributed by atoms with Gasteiger partial charge in [0.15, 0.2) is 0 Å².